The number of hydrogen-bond acceptors (Lipinski definition) is 3. The molecule has 2 rings (SSSR count). The molecule has 1 aliphatic rings. The van der Waals surface area contributed by atoms with Gasteiger partial charge in [0.15, 0.2) is 0 Å². The van der Waals surface area contributed by atoms with E-state index in [0.717, 1.165) is 12.8 Å². The first-order valence-corrected chi connectivity index (χ1v) is 6.54. The minimum absolute atomic E-state index is 0.469. The lowest BCUT2D eigenvalue weighted by atomic mass is 10.3. The predicted molar refractivity (Wildman–Crippen MR) is 72.1 cm³/mol. The van der Waals surface area contributed by atoms with E-state index in [1.54, 1.807) is 23.1 Å². The Bertz CT molecular complexity index is 468. The Kier molecular flexibility index (Phi) is 4.39. The summed E-state index contributed by atoms with van der Waals surface area (Å²) in [6, 6.07) is 7.10. The average molecular weight is 262 g/mol. The van der Waals surface area contributed by atoms with Crippen LogP contribution >= 0.6 is 0 Å². The Morgan fingerprint density at radius 2 is 1.95 bits per heavy atom. The third-order valence-electron chi connectivity index (χ3n) is 3.02. The number of likely N-dealkylation sites (tertiary alicyclic amines) is 1. The summed E-state index contributed by atoms with van der Waals surface area (Å²) in [7, 11) is 0. The third-order valence-corrected chi connectivity index (χ3v) is 3.02. The van der Waals surface area contributed by atoms with Gasteiger partial charge in [-0.2, -0.15) is 0 Å². The number of nitrogens with one attached hydrogen (secondary N) is 1. The van der Waals surface area contributed by atoms with Gasteiger partial charge in [-0.3, -0.25) is 9.59 Å². The maximum absolute atomic E-state index is 11.9. The van der Waals surface area contributed by atoms with E-state index in [2.05, 4.69) is 5.32 Å². The molecule has 1 aromatic carbocycles. The number of carbonyl (C=O) groups excluding carboxylic acids is 2. The van der Waals surface area contributed by atoms with Crippen molar-refractivity contribution in [2.75, 3.05) is 25.0 Å². The summed E-state index contributed by atoms with van der Waals surface area (Å²) in [5.41, 5.74) is 0.530. The van der Waals surface area contributed by atoms with Crippen LogP contribution in [0.1, 0.15) is 19.8 Å². The fourth-order valence-electron chi connectivity index (χ4n) is 2.09. The zero-order chi connectivity index (χ0) is 13.7. The van der Waals surface area contributed by atoms with Gasteiger partial charge in [0.2, 0.25) is 0 Å². The number of benzene rings is 1. The second-order valence-electron chi connectivity index (χ2n) is 4.38. The molecule has 0 aromatic heterocycles. The van der Waals surface area contributed by atoms with E-state index in [-0.39, 0.29) is 0 Å². The van der Waals surface area contributed by atoms with Crippen molar-refractivity contribution in [1.29, 1.82) is 0 Å². The van der Waals surface area contributed by atoms with Gasteiger partial charge >= 0.3 is 11.8 Å². The van der Waals surface area contributed by atoms with Crippen molar-refractivity contribution in [3.05, 3.63) is 24.3 Å². The molecule has 1 fully saturated rings. The van der Waals surface area contributed by atoms with Crippen molar-refractivity contribution in [2.24, 2.45) is 0 Å². The molecule has 102 valence electrons. The van der Waals surface area contributed by atoms with E-state index in [1.807, 2.05) is 13.0 Å². The zero-order valence-electron chi connectivity index (χ0n) is 11.0. The molecule has 19 heavy (non-hydrogen) atoms. The van der Waals surface area contributed by atoms with Gasteiger partial charge in [0.05, 0.1) is 12.3 Å². The second-order valence-corrected chi connectivity index (χ2v) is 4.38. The molecular weight excluding hydrogens is 244 g/mol. The average Bonchev–Trinajstić information content (AvgIpc) is 2.94. The summed E-state index contributed by atoms with van der Waals surface area (Å²) < 4.78 is 5.40. The number of nitrogens with zero attached hydrogens (tertiary/aromatic N) is 1. The number of hydrogen-bond donors (Lipinski definition) is 1. The molecule has 0 bridgehead atoms. The summed E-state index contributed by atoms with van der Waals surface area (Å²) in [6.07, 6.45) is 1.93. The summed E-state index contributed by atoms with van der Waals surface area (Å²) >= 11 is 0. The number of anilines is 1. The summed E-state index contributed by atoms with van der Waals surface area (Å²) in [4.78, 5) is 25.4. The van der Waals surface area contributed by atoms with Crippen molar-refractivity contribution in [3.63, 3.8) is 0 Å². The van der Waals surface area contributed by atoms with E-state index in [9.17, 15) is 9.59 Å². The van der Waals surface area contributed by atoms with E-state index < -0.39 is 11.8 Å². The van der Waals surface area contributed by atoms with Crippen LogP contribution in [-0.2, 0) is 9.59 Å². The van der Waals surface area contributed by atoms with Gasteiger partial charge in [-0.1, -0.05) is 12.1 Å². The molecule has 0 spiro atoms. The molecule has 1 saturated heterocycles. The number of rotatable bonds is 3. The van der Waals surface area contributed by atoms with Crippen LogP contribution in [0, 0.1) is 0 Å². The van der Waals surface area contributed by atoms with E-state index in [1.165, 1.54) is 0 Å². The summed E-state index contributed by atoms with van der Waals surface area (Å²) in [5, 5.41) is 2.62. The van der Waals surface area contributed by atoms with Crippen molar-refractivity contribution in [1.82, 2.24) is 4.90 Å². The number of para-hydroxylation sites is 2. The van der Waals surface area contributed by atoms with Crippen LogP contribution in [0.4, 0.5) is 5.69 Å². The highest BCUT2D eigenvalue weighted by atomic mass is 16.5. The molecule has 1 N–H and O–H groups in total. The predicted octanol–water partition coefficient (Wildman–Crippen LogP) is 1.65. The molecule has 5 heteroatoms. The summed E-state index contributed by atoms with van der Waals surface area (Å²) in [5.74, 6) is -0.495. The highest BCUT2D eigenvalue weighted by Crippen LogP contribution is 2.23. The largest absolute Gasteiger partial charge is 0.492 e. The maximum atomic E-state index is 11.9. The van der Waals surface area contributed by atoms with Gasteiger partial charge < -0.3 is 15.0 Å². The smallest absolute Gasteiger partial charge is 0.314 e. The van der Waals surface area contributed by atoms with Crippen LogP contribution in [-0.4, -0.2) is 36.4 Å². The molecule has 1 heterocycles. The number of amides is 2. The number of carbonyl (C=O) groups is 2. The molecule has 0 saturated carbocycles. The molecule has 5 nitrogen and oxygen atoms in total. The van der Waals surface area contributed by atoms with Crippen LogP contribution in [0.25, 0.3) is 0 Å². The standard InChI is InChI=1S/C14H18N2O3/c1-2-19-12-8-4-3-7-11(12)15-13(17)14(18)16-9-5-6-10-16/h3-4,7-8H,2,5-6,9-10H2,1H3,(H,15,17). The summed E-state index contributed by atoms with van der Waals surface area (Å²) in [6.45, 7) is 3.71. The van der Waals surface area contributed by atoms with Gasteiger partial charge in [-0.15, -0.1) is 0 Å². The monoisotopic (exact) mass is 262 g/mol. The van der Waals surface area contributed by atoms with Crippen LogP contribution in [0.2, 0.25) is 0 Å². The van der Waals surface area contributed by atoms with Crippen molar-refractivity contribution in [3.8, 4) is 5.75 Å². The molecule has 1 aliphatic heterocycles. The van der Waals surface area contributed by atoms with Crippen LogP contribution in [0.15, 0.2) is 24.3 Å². The third kappa shape index (κ3) is 3.24. The first-order valence-electron chi connectivity index (χ1n) is 6.54. The lowest BCUT2D eigenvalue weighted by molar-refractivity contribution is -0.142. The Balaban J connectivity index is 2.03. The fourth-order valence-corrected chi connectivity index (χ4v) is 2.09. The Hall–Kier alpha value is -2.04. The quantitative estimate of drug-likeness (QED) is 0.843. The first kappa shape index (κ1) is 13.4. The minimum atomic E-state index is -0.603. The SMILES string of the molecule is CCOc1ccccc1NC(=O)C(=O)N1CCCC1. The van der Waals surface area contributed by atoms with Crippen LogP contribution < -0.4 is 10.1 Å². The van der Waals surface area contributed by atoms with E-state index in [0.29, 0.717) is 31.1 Å². The Morgan fingerprint density at radius 1 is 1.26 bits per heavy atom. The normalized spacial score (nSPS) is 14.3. The van der Waals surface area contributed by atoms with Gasteiger partial charge in [0, 0.05) is 13.1 Å². The highest BCUT2D eigenvalue weighted by molar-refractivity contribution is 6.39. The van der Waals surface area contributed by atoms with Gasteiger partial charge in [0.25, 0.3) is 0 Å². The minimum Gasteiger partial charge on any atom is -0.492 e. The zero-order valence-corrected chi connectivity index (χ0v) is 11.0. The van der Waals surface area contributed by atoms with Crippen molar-refractivity contribution < 1.29 is 14.3 Å². The fraction of sp³-hybridized carbons (Fsp3) is 0.429. The first-order chi connectivity index (χ1) is 9.22. The molecular formula is C14H18N2O3. The highest BCUT2D eigenvalue weighted by Gasteiger charge is 2.24. The topological polar surface area (TPSA) is 58.6 Å². The molecule has 2 amide bonds. The van der Waals surface area contributed by atoms with E-state index >= 15 is 0 Å². The molecule has 0 aliphatic carbocycles. The second kappa shape index (κ2) is 6.22. The van der Waals surface area contributed by atoms with Gasteiger partial charge in [-0.05, 0) is 31.9 Å². The Labute approximate surface area is 112 Å². The lowest BCUT2D eigenvalue weighted by Gasteiger charge is -2.15. The molecule has 0 radical (unpaired) electrons. The number of ether oxygens (including phenoxy) is 1. The Morgan fingerprint density at radius 3 is 2.63 bits per heavy atom. The van der Waals surface area contributed by atoms with Crippen LogP contribution in [0.5, 0.6) is 5.75 Å². The van der Waals surface area contributed by atoms with Gasteiger partial charge in [-0.25, -0.2) is 0 Å². The molecule has 0 atom stereocenters. The van der Waals surface area contributed by atoms with Crippen molar-refractivity contribution >= 4 is 17.5 Å². The van der Waals surface area contributed by atoms with Crippen LogP contribution in [0.3, 0.4) is 0 Å². The van der Waals surface area contributed by atoms with Gasteiger partial charge in [0.1, 0.15) is 5.75 Å². The molecule has 1 aromatic rings. The van der Waals surface area contributed by atoms with Crippen molar-refractivity contribution in [2.45, 2.75) is 19.8 Å². The lowest BCUT2D eigenvalue weighted by Crippen LogP contribution is -2.37. The van der Waals surface area contributed by atoms with E-state index in [4.69, 9.17) is 4.74 Å². The molecule has 0 unspecified atom stereocenters. The maximum Gasteiger partial charge on any atom is 0.314 e.